The third kappa shape index (κ3) is 9.21. The van der Waals surface area contributed by atoms with Gasteiger partial charge in [0.1, 0.15) is 0 Å². The maximum absolute atomic E-state index is 5.56. The second kappa shape index (κ2) is 11.4. The van der Waals surface area contributed by atoms with E-state index in [1.54, 1.807) is 0 Å². The highest BCUT2D eigenvalue weighted by Crippen LogP contribution is 2.25. The molecule has 0 aromatic carbocycles. The van der Waals surface area contributed by atoms with Crippen molar-refractivity contribution in [1.82, 2.24) is 0 Å². The van der Waals surface area contributed by atoms with Gasteiger partial charge < -0.3 is 5.73 Å². The first-order chi connectivity index (χ1) is 7.74. The lowest BCUT2D eigenvalue weighted by Crippen LogP contribution is -2.09. The van der Waals surface area contributed by atoms with Crippen molar-refractivity contribution in [2.24, 2.45) is 17.6 Å². The molecule has 0 radical (unpaired) electrons. The molecular weight excluding hydrogens is 194 g/mol. The largest absolute Gasteiger partial charge is 0.330 e. The molecule has 0 aliphatic rings. The third-order valence-corrected chi connectivity index (χ3v) is 3.55. The SMILES string of the molecule is CCCCCC(CCC)CC(C)CCCN. The van der Waals surface area contributed by atoms with E-state index in [-0.39, 0.29) is 0 Å². The van der Waals surface area contributed by atoms with E-state index in [1.165, 1.54) is 57.8 Å². The minimum absolute atomic E-state index is 0.860. The van der Waals surface area contributed by atoms with Crippen LogP contribution < -0.4 is 5.73 Å². The van der Waals surface area contributed by atoms with Gasteiger partial charge in [0.25, 0.3) is 0 Å². The number of rotatable bonds is 11. The minimum Gasteiger partial charge on any atom is -0.330 e. The zero-order chi connectivity index (χ0) is 12.2. The van der Waals surface area contributed by atoms with Crippen molar-refractivity contribution in [1.29, 1.82) is 0 Å². The van der Waals surface area contributed by atoms with Crippen molar-refractivity contribution < 1.29 is 0 Å². The van der Waals surface area contributed by atoms with E-state index in [9.17, 15) is 0 Å². The summed E-state index contributed by atoms with van der Waals surface area (Å²) in [5, 5.41) is 0. The Morgan fingerprint density at radius 1 is 0.875 bits per heavy atom. The number of unbranched alkanes of at least 4 members (excludes halogenated alkanes) is 2. The molecule has 0 heterocycles. The van der Waals surface area contributed by atoms with Crippen LogP contribution in [0.25, 0.3) is 0 Å². The zero-order valence-electron chi connectivity index (χ0n) is 11.8. The zero-order valence-corrected chi connectivity index (χ0v) is 11.8. The van der Waals surface area contributed by atoms with Crippen molar-refractivity contribution in [3.8, 4) is 0 Å². The Morgan fingerprint density at radius 3 is 2.19 bits per heavy atom. The Kier molecular flexibility index (Phi) is 11.4. The average Bonchev–Trinajstić information content (AvgIpc) is 2.27. The molecule has 2 N–H and O–H groups in total. The highest BCUT2D eigenvalue weighted by atomic mass is 14.5. The van der Waals surface area contributed by atoms with E-state index in [1.807, 2.05) is 0 Å². The van der Waals surface area contributed by atoms with E-state index >= 15 is 0 Å². The molecule has 2 atom stereocenters. The lowest BCUT2D eigenvalue weighted by Gasteiger charge is -2.20. The summed E-state index contributed by atoms with van der Waals surface area (Å²) < 4.78 is 0. The molecule has 0 bridgehead atoms. The number of nitrogens with two attached hydrogens (primary N) is 1. The molecule has 0 aliphatic carbocycles. The first kappa shape index (κ1) is 16.0. The average molecular weight is 227 g/mol. The predicted octanol–water partition coefficient (Wildman–Crippen LogP) is 4.75. The smallest absolute Gasteiger partial charge is 0.00772 e. The molecule has 16 heavy (non-hydrogen) atoms. The lowest BCUT2D eigenvalue weighted by atomic mass is 9.86. The van der Waals surface area contributed by atoms with Gasteiger partial charge in [-0.3, -0.25) is 0 Å². The highest BCUT2D eigenvalue weighted by Gasteiger charge is 2.12. The minimum atomic E-state index is 0.860. The first-order valence-corrected chi connectivity index (χ1v) is 7.44. The van der Waals surface area contributed by atoms with Crippen LogP contribution in [-0.2, 0) is 0 Å². The Morgan fingerprint density at radius 2 is 1.62 bits per heavy atom. The molecule has 0 saturated heterocycles. The van der Waals surface area contributed by atoms with E-state index in [2.05, 4.69) is 20.8 Å². The Hall–Kier alpha value is -0.0400. The summed E-state index contributed by atoms with van der Waals surface area (Å²) in [7, 11) is 0. The normalized spacial score (nSPS) is 15.0. The molecule has 1 nitrogen and oxygen atoms in total. The van der Waals surface area contributed by atoms with Gasteiger partial charge in [-0.05, 0) is 37.6 Å². The highest BCUT2D eigenvalue weighted by molar-refractivity contribution is 4.64. The van der Waals surface area contributed by atoms with E-state index in [0.717, 1.165) is 18.4 Å². The Balaban J connectivity index is 3.72. The fraction of sp³-hybridized carbons (Fsp3) is 1.00. The molecule has 0 spiro atoms. The summed E-state index contributed by atoms with van der Waals surface area (Å²) in [6, 6.07) is 0. The van der Waals surface area contributed by atoms with Crippen molar-refractivity contribution in [3.63, 3.8) is 0 Å². The number of hydrogen-bond donors (Lipinski definition) is 1. The van der Waals surface area contributed by atoms with Crippen LogP contribution in [0.3, 0.4) is 0 Å². The molecule has 0 rings (SSSR count). The summed E-state index contributed by atoms with van der Waals surface area (Å²) in [6.45, 7) is 7.87. The maximum Gasteiger partial charge on any atom is -0.00772 e. The van der Waals surface area contributed by atoms with Crippen LogP contribution in [0.15, 0.2) is 0 Å². The molecule has 0 saturated carbocycles. The summed E-state index contributed by atoms with van der Waals surface area (Å²) in [6.07, 6.45) is 12.4. The van der Waals surface area contributed by atoms with Crippen molar-refractivity contribution >= 4 is 0 Å². The summed E-state index contributed by atoms with van der Waals surface area (Å²) in [5.41, 5.74) is 5.56. The molecule has 0 aromatic rings. The monoisotopic (exact) mass is 227 g/mol. The van der Waals surface area contributed by atoms with E-state index < -0.39 is 0 Å². The van der Waals surface area contributed by atoms with Gasteiger partial charge in [0, 0.05) is 0 Å². The topological polar surface area (TPSA) is 26.0 Å². The summed E-state index contributed by atoms with van der Waals surface area (Å²) >= 11 is 0. The fourth-order valence-corrected chi connectivity index (χ4v) is 2.62. The second-order valence-electron chi connectivity index (χ2n) is 5.42. The van der Waals surface area contributed by atoms with Crippen LogP contribution in [0.2, 0.25) is 0 Å². The van der Waals surface area contributed by atoms with Crippen LogP contribution in [-0.4, -0.2) is 6.54 Å². The van der Waals surface area contributed by atoms with Crippen LogP contribution in [0.5, 0.6) is 0 Å². The molecule has 0 fully saturated rings. The molecule has 0 aromatic heterocycles. The summed E-state index contributed by atoms with van der Waals surface area (Å²) in [4.78, 5) is 0. The van der Waals surface area contributed by atoms with Crippen molar-refractivity contribution in [2.75, 3.05) is 6.54 Å². The first-order valence-electron chi connectivity index (χ1n) is 7.44. The van der Waals surface area contributed by atoms with Gasteiger partial charge in [-0.2, -0.15) is 0 Å². The molecule has 1 heteroatoms. The third-order valence-electron chi connectivity index (χ3n) is 3.55. The van der Waals surface area contributed by atoms with Gasteiger partial charge in [0.15, 0.2) is 0 Å². The lowest BCUT2D eigenvalue weighted by molar-refractivity contribution is 0.324. The van der Waals surface area contributed by atoms with Gasteiger partial charge in [-0.25, -0.2) is 0 Å². The Labute approximate surface area is 103 Å². The van der Waals surface area contributed by atoms with Crippen LogP contribution in [0, 0.1) is 11.8 Å². The van der Waals surface area contributed by atoms with Crippen LogP contribution >= 0.6 is 0 Å². The van der Waals surface area contributed by atoms with Gasteiger partial charge in [0.2, 0.25) is 0 Å². The van der Waals surface area contributed by atoms with Gasteiger partial charge in [-0.1, -0.05) is 59.3 Å². The maximum atomic E-state index is 5.56. The fourth-order valence-electron chi connectivity index (χ4n) is 2.62. The van der Waals surface area contributed by atoms with Gasteiger partial charge in [0.05, 0.1) is 0 Å². The van der Waals surface area contributed by atoms with E-state index in [0.29, 0.717) is 0 Å². The number of hydrogen-bond acceptors (Lipinski definition) is 1. The molecule has 98 valence electrons. The van der Waals surface area contributed by atoms with Crippen molar-refractivity contribution in [3.05, 3.63) is 0 Å². The van der Waals surface area contributed by atoms with Crippen LogP contribution in [0.1, 0.15) is 78.6 Å². The van der Waals surface area contributed by atoms with Crippen molar-refractivity contribution in [2.45, 2.75) is 78.6 Å². The van der Waals surface area contributed by atoms with E-state index in [4.69, 9.17) is 5.73 Å². The van der Waals surface area contributed by atoms with Gasteiger partial charge >= 0.3 is 0 Å². The van der Waals surface area contributed by atoms with Gasteiger partial charge in [-0.15, -0.1) is 0 Å². The quantitative estimate of drug-likeness (QED) is 0.507. The standard InChI is InChI=1S/C15H33N/c1-4-6-7-11-15(9-5-2)13-14(3)10-8-12-16/h14-15H,4-13,16H2,1-3H3. The molecule has 0 aliphatic heterocycles. The molecule has 2 unspecified atom stereocenters. The Bertz CT molecular complexity index is 133. The molecular formula is C15H33N. The summed E-state index contributed by atoms with van der Waals surface area (Å²) in [5.74, 6) is 1.85. The molecule has 0 amide bonds. The van der Waals surface area contributed by atoms with Crippen LogP contribution in [0.4, 0.5) is 0 Å². The predicted molar refractivity (Wildman–Crippen MR) is 74.6 cm³/mol. The second-order valence-corrected chi connectivity index (χ2v) is 5.42.